The van der Waals surface area contributed by atoms with Crippen molar-refractivity contribution in [3.63, 3.8) is 0 Å². The van der Waals surface area contributed by atoms with E-state index < -0.39 is 0 Å². The molecule has 7 heteroatoms. The van der Waals surface area contributed by atoms with Gasteiger partial charge in [0.2, 0.25) is 11.8 Å². The Morgan fingerprint density at radius 1 is 1.19 bits per heavy atom. The molecule has 1 fully saturated rings. The predicted molar refractivity (Wildman–Crippen MR) is 122 cm³/mol. The Morgan fingerprint density at radius 3 is 2.55 bits per heavy atom. The Bertz CT molecular complexity index is 874. The molecular weight excluding hydrogens is 392 g/mol. The zero-order valence-electron chi connectivity index (χ0n) is 19.3. The van der Waals surface area contributed by atoms with Gasteiger partial charge in [-0.1, -0.05) is 39.8 Å². The van der Waals surface area contributed by atoms with Crippen molar-refractivity contribution >= 4 is 22.8 Å². The number of carbonyl (C=O) groups excluding carboxylic acids is 2. The van der Waals surface area contributed by atoms with E-state index in [1.165, 1.54) is 0 Å². The average molecular weight is 429 g/mol. The quantitative estimate of drug-likeness (QED) is 0.631. The highest BCUT2D eigenvalue weighted by atomic mass is 16.5. The number of para-hydroxylation sites is 2. The van der Waals surface area contributed by atoms with Crippen LogP contribution in [-0.2, 0) is 27.3 Å². The van der Waals surface area contributed by atoms with Crippen LogP contribution >= 0.6 is 0 Å². The normalized spacial score (nSPS) is 16.4. The topological polar surface area (TPSA) is 76.5 Å². The number of nitrogens with zero attached hydrogens (tertiary/aromatic N) is 3. The van der Waals surface area contributed by atoms with Crippen molar-refractivity contribution in [3.8, 4) is 0 Å². The van der Waals surface area contributed by atoms with Crippen LogP contribution in [-0.4, -0.2) is 58.6 Å². The summed E-state index contributed by atoms with van der Waals surface area (Å²) in [6.45, 7) is 11.4. The lowest BCUT2D eigenvalue weighted by Gasteiger charge is -2.27. The first-order valence-electron chi connectivity index (χ1n) is 11.5. The van der Waals surface area contributed by atoms with E-state index in [4.69, 9.17) is 9.72 Å². The zero-order valence-corrected chi connectivity index (χ0v) is 19.3. The summed E-state index contributed by atoms with van der Waals surface area (Å²) >= 11 is 0. The number of ether oxygens (including phenoxy) is 1. The summed E-state index contributed by atoms with van der Waals surface area (Å²) in [5.41, 5.74) is 1.82. The molecule has 2 amide bonds. The molecule has 3 rings (SSSR count). The maximum atomic E-state index is 13.2. The van der Waals surface area contributed by atoms with Crippen LogP contribution in [0.15, 0.2) is 24.3 Å². The minimum Gasteiger partial charge on any atom is -0.368 e. The number of carbonyl (C=O) groups is 2. The van der Waals surface area contributed by atoms with Crippen molar-refractivity contribution in [2.75, 3.05) is 26.2 Å². The highest BCUT2D eigenvalue weighted by Gasteiger charge is 2.24. The molecule has 2 aromatic rings. The molecule has 0 saturated carbocycles. The molecule has 1 aliphatic rings. The lowest BCUT2D eigenvalue weighted by Crippen LogP contribution is -2.39. The van der Waals surface area contributed by atoms with Crippen LogP contribution < -0.4 is 5.32 Å². The molecule has 1 aliphatic heterocycles. The Balaban J connectivity index is 1.73. The molecule has 31 heavy (non-hydrogen) atoms. The predicted octanol–water partition coefficient (Wildman–Crippen LogP) is 3.01. The number of hydrogen-bond acceptors (Lipinski definition) is 4. The number of fused-ring (bicyclic) bond motifs is 1. The minimum absolute atomic E-state index is 0.0590. The first-order valence-corrected chi connectivity index (χ1v) is 11.5. The Labute approximate surface area is 185 Å². The molecule has 1 unspecified atom stereocenters. The van der Waals surface area contributed by atoms with E-state index in [0.717, 1.165) is 42.8 Å². The molecule has 1 aromatic carbocycles. The van der Waals surface area contributed by atoms with Crippen LogP contribution in [0.1, 0.15) is 46.4 Å². The van der Waals surface area contributed by atoms with Gasteiger partial charge in [0.05, 0.1) is 11.0 Å². The van der Waals surface area contributed by atoms with Gasteiger partial charge in [0.25, 0.3) is 0 Å². The van der Waals surface area contributed by atoms with Crippen LogP contribution in [0.5, 0.6) is 0 Å². The number of nitrogens with one attached hydrogen (secondary N) is 1. The number of rotatable bonds is 10. The molecule has 1 N–H and O–H groups in total. The second kappa shape index (κ2) is 10.8. The maximum Gasteiger partial charge on any atom is 0.249 e. The lowest BCUT2D eigenvalue weighted by atomic mass is 10.1. The van der Waals surface area contributed by atoms with Gasteiger partial charge in [-0.15, -0.1) is 0 Å². The second-order valence-corrected chi connectivity index (χ2v) is 9.23. The van der Waals surface area contributed by atoms with E-state index in [-0.39, 0.29) is 24.5 Å². The van der Waals surface area contributed by atoms with Crippen molar-refractivity contribution in [2.45, 2.75) is 59.6 Å². The summed E-state index contributed by atoms with van der Waals surface area (Å²) in [5.74, 6) is 1.69. The van der Waals surface area contributed by atoms with Crippen LogP contribution in [0.2, 0.25) is 0 Å². The molecule has 0 aliphatic carbocycles. The first kappa shape index (κ1) is 23.3. The molecule has 0 bridgehead atoms. The molecule has 0 spiro atoms. The maximum absolute atomic E-state index is 13.2. The van der Waals surface area contributed by atoms with E-state index in [9.17, 15) is 9.59 Å². The summed E-state index contributed by atoms with van der Waals surface area (Å²) in [6, 6.07) is 7.88. The average Bonchev–Trinajstić information content (AvgIpc) is 3.36. The number of aromatic nitrogens is 2. The van der Waals surface area contributed by atoms with Gasteiger partial charge in [0.1, 0.15) is 18.5 Å². The summed E-state index contributed by atoms with van der Waals surface area (Å²) in [4.78, 5) is 32.2. The second-order valence-electron chi connectivity index (χ2n) is 9.23. The third-order valence-electron chi connectivity index (χ3n) is 5.42. The van der Waals surface area contributed by atoms with Gasteiger partial charge in [-0.05, 0) is 36.8 Å². The van der Waals surface area contributed by atoms with Gasteiger partial charge in [0.15, 0.2) is 0 Å². The number of imidazole rings is 1. The van der Waals surface area contributed by atoms with E-state index in [0.29, 0.717) is 31.4 Å². The third kappa shape index (κ3) is 6.29. The number of benzene rings is 1. The smallest absolute Gasteiger partial charge is 0.249 e. The Kier molecular flexibility index (Phi) is 8.07. The lowest BCUT2D eigenvalue weighted by molar-refractivity contribution is -0.133. The van der Waals surface area contributed by atoms with Crippen molar-refractivity contribution < 1.29 is 14.3 Å². The third-order valence-corrected chi connectivity index (χ3v) is 5.42. The minimum atomic E-state index is -0.332. The van der Waals surface area contributed by atoms with Crippen LogP contribution in [0.4, 0.5) is 0 Å². The molecular formula is C24H36N4O3. The van der Waals surface area contributed by atoms with Crippen molar-refractivity contribution in [3.05, 3.63) is 30.1 Å². The van der Waals surface area contributed by atoms with Crippen molar-refractivity contribution in [1.82, 2.24) is 19.8 Å². The summed E-state index contributed by atoms with van der Waals surface area (Å²) in [6.07, 6.45) is 1.94. The molecule has 170 valence electrons. The number of hydrogen-bond donors (Lipinski definition) is 1. The monoisotopic (exact) mass is 428 g/mol. The molecule has 1 saturated heterocycles. The van der Waals surface area contributed by atoms with Crippen LogP contribution in [0, 0.1) is 11.8 Å². The summed E-state index contributed by atoms with van der Waals surface area (Å²) < 4.78 is 7.45. The van der Waals surface area contributed by atoms with E-state index in [1.54, 1.807) is 0 Å². The fourth-order valence-corrected chi connectivity index (χ4v) is 4.08. The van der Waals surface area contributed by atoms with Crippen LogP contribution in [0.3, 0.4) is 0 Å². The highest BCUT2D eigenvalue weighted by Crippen LogP contribution is 2.18. The zero-order chi connectivity index (χ0) is 22.4. The molecule has 7 nitrogen and oxygen atoms in total. The van der Waals surface area contributed by atoms with Crippen LogP contribution in [0.25, 0.3) is 11.0 Å². The fraction of sp³-hybridized carbons (Fsp3) is 0.625. The van der Waals surface area contributed by atoms with Gasteiger partial charge in [-0.3, -0.25) is 9.59 Å². The summed E-state index contributed by atoms with van der Waals surface area (Å²) in [5, 5.41) is 2.96. The van der Waals surface area contributed by atoms with Crippen molar-refractivity contribution in [2.24, 2.45) is 11.8 Å². The molecule has 0 radical (unpaired) electrons. The van der Waals surface area contributed by atoms with E-state index in [2.05, 4.69) is 33.0 Å². The number of amides is 2. The largest absolute Gasteiger partial charge is 0.368 e. The van der Waals surface area contributed by atoms with Gasteiger partial charge < -0.3 is 19.5 Å². The fourth-order valence-electron chi connectivity index (χ4n) is 4.08. The van der Waals surface area contributed by atoms with Gasteiger partial charge >= 0.3 is 0 Å². The highest BCUT2D eigenvalue weighted by molar-refractivity contribution is 5.82. The van der Waals surface area contributed by atoms with Gasteiger partial charge in [-0.25, -0.2) is 4.98 Å². The Hall–Kier alpha value is -2.41. The molecule has 2 heterocycles. The summed E-state index contributed by atoms with van der Waals surface area (Å²) in [7, 11) is 0. The SMILES string of the molecule is CC(C)CN(CC(C)C)C(=O)Cn1c(CCNC(=O)C2CCCO2)nc2ccccc21. The first-order chi connectivity index (χ1) is 14.8. The van der Waals surface area contributed by atoms with Gasteiger partial charge in [-0.2, -0.15) is 0 Å². The molecule has 1 aromatic heterocycles. The molecule has 1 atom stereocenters. The standard InChI is InChI=1S/C24H36N4O3/c1-17(2)14-27(15-18(3)4)23(29)16-28-20-9-6-5-8-19(20)26-22(28)11-12-25-24(30)21-10-7-13-31-21/h5-6,8-9,17-18,21H,7,10-16H2,1-4H3,(H,25,30). The van der Waals surface area contributed by atoms with E-state index >= 15 is 0 Å². The van der Waals surface area contributed by atoms with E-state index in [1.807, 2.05) is 33.7 Å². The van der Waals surface area contributed by atoms with Crippen molar-refractivity contribution in [1.29, 1.82) is 0 Å². The Morgan fingerprint density at radius 2 is 1.90 bits per heavy atom. The van der Waals surface area contributed by atoms with Gasteiger partial charge in [0, 0.05) is 32.7 Å².